The monoisotopic (exact) mass is 465 g/mol. The van der Waals surface area contributed by atoms with Crippen molar-refractivity contribution in [3.8, 4) is 11.3 Å². The van der Waals surface area contributed by atoms with E-state index in [0.29, 0.717) is 27.6 Å². The van der Waals surface area contributed by atoms with Gasteiger partial charge in [0.25, 0.3) is 0 Å². The second-order valence-corrected chi connectivity index (χ2v) is 8.56. The molecule has 0 aliphatic carbocycles. The third-order valence-electron chi connectivity index (χ3n) is 4.91. The predicted octanol–water partition coefficient (Wildman–Crippen LogP) is 5.46. The first kappa shape index (κ1) is 22.5. The molecular weight excluding hydrogens is 441 g/mol. The van der Waals surface area contributed by atoms with Crippen LogP contribution in [0, 0.1) is 12.7 Å². The van der Waals surface area contributed by atoms with Crippen molar-refractivity contribution in [2.75, 3.05) is 16.9 Å². The highest BCUT2D eigenvalue weighted by atomic mass is 32.2. The van der Waals surface area contributed by atoms with Crippen LogP contribution in [0.1, 0.15) is 19.4 Å². The minimum absolute atomic E-state index is 0.000513. The van der Waals surface area contributed by atoms with E-state index in [9.17, 15) is 9.18 Å². The summed E-state index contributed by atoms with van der Waals surface area (Å²) in [5, 5.41) is 9.38. The van der Waals surface area contributed by atoms with Crippen molar-refractivity contribution in [1.82, 2.24) is 25.3 Å². The van der Waals surface area contributed by atoms with Crippen LogP contribution in [0.2, 0.25) is 0 Å². The van der Waals surface area contributed by atoms with E-state index >= 15 is 0 Å². The normalized spacial score (nSPS) is 11.1. The molecule has 0 saturated carbocycles. The van der Waals surface area contributed by atoms with Gasteiger partial charge >= 0.3 is 6.03 Å². The standard InChI is InChI=1S/C23H24FN7OS/c1-12(2)28-23(32)31-21-20-14(8-9-25-21)15(11-26-20)19-13(3)10-27-22(30-19)29-16-6-5-7-17(33-4)18(16)24/h5-12,26H,1-4H3,(H,27,29,30)(H2,25,28,31,32). The number of benzene rings is 1. The Morgan fingerprint density at radius 2 is 2.03 bits per heavy atom. The number of halogens is 1. The van der Waals surface area contributed by atoms with Crippen LogP contribution < -0.4 is 16.0 Å². The molecule has 0 fully saturated rings. The van der Waals surface area contributed by atoms with Crippen LogP contribution in [0.15, 0.2) is 47.8 Å². The molecule has 0 radical (unpaired) electrons. The number of fused-ring (bicyclic) bond motifs is 1. The fourth-order valence-corrected chi connectivity index (χ4v) is 3.92. The lowest BCUT2D eigenvalue weighted by molar-refractivity contribution is 0.250. The van der Waals surface area contributed by atoms with E-state index in [1.165, 1.54) is 11.8 Å². The fraction of sp³-hybridized carbons (Fsp3) is 0.217. The summed E-state index contributed by atoms with van der Waals surface area (Å²) in [6.07, 6.45) is 6.95. The fourth-order valence-electron chi connectivity index (χ4n) is 3.41. The molecule has 4 N–H and O–H groups in total. The van der Waals surface area contributed by atoms with Crippen molar-refractivity contribution in [2.45, 2.75) is 31.7 Å². The summed E-state index contributed by atoms with van der Waals surface area (Å²) in [6.45, 7) is 5.67. The van der Waals surface area contributed by atoms with E-state index in [2.05, 4.69) is 35.9 Å². The largest absolute Gasteiger partial charge is 0.357 e. The first-order valence-electron chi connectivity index (χ1n) is 10.3. The number of carbonyl (C=O) groups is 1. The van der Waals surface area contributed by atoms with Gasteiger partial charge in [-0.2, -0.15) is 0 Å². The molecule has 8 nitrogen and oxygen atoms in total. The Morgan fingerprint density at radius 3 is 2.79 bits per heavy atom. The molecule has 3 heterocycles. The number of aromatic nitrogens is 4. The molecular formula is C23H24FN7OS. The zero-order chi connectivity index (χ0) is 23.5. The Labute approximate surface area is 194 Å². The van der Waals surface area contributed by atoms with Crippen molar-refractivity contribution < 1.29 is 9.18 Å². The number of thioether (sulfide) groups is 1. The number of nitrogens with one attached hydrogen (secondary N) is 4. The van der Waals surface area contributed by atoms with Gasteiger partial charge in [0.1, 0.15) is 0 Å². The van der Waals surface area contributed by atoms with Gasteiger partial charge in [-0.25, -0.2) is 24.1 Å². The lowest BCUT2D eigenvalue weighted by Crippen LogP contribution is -2.34. The van der Waals surface area contributed by atoms with Crippen LogP contribution in [0.25, 0.3) is 22.2 Å². The van der Waals surface area contributed by atoms with Gasteiger partial charge in [0.05, 0.1) is 16.9 Å². The maximum atomic E-state index is 14.7. The Kier molecular flexibility index (Phi) is 6.45. The first-order valence-corrected chi connectivity index (χ1v) is 11.6. The highest BCUT2D eigenvalue weighted by molar-refractivity contribution is 7.98. The lowest BCUT2D eigenvalue weighted by Gasteiger charge is -2.11. The highest BCUT2D eigenvalue weighted by Crippen LogP contribution is 2.33. The second-order valence-electron chi connectivity index (χ2n) is 7.71. The van der Waals surface area contributed by atoms with Crippen LogP contribution in [0.5, 0.6) is 0 Å². The van der Waals surface area contributed by atoms with Gasteiger partial charge in [0.15, 0.2) is 11.6 Å². The van der Waals surface area contributed by atoms with Gasteiger partial charge in [-0.3, -0.25) is 5.32 Å². The zero-order valence-electron chi connectivity index (χ0n) is 18.7. The number of amides is 2. The molecule has 0 saturated heterocycles. The lowest BCUT2D eigenvalue weighted by atomic mass is 10.1. The molecule has 2 amide bonds. The summed E-state index contributed by atoms with van der Waals surface area (Å²) >= 11 is 1.33. The average Bonchev–Trinajstić information content (AvgIpc) is 3.21. The molecule has 10 heteroatoms. The smallest absolute Gasteiger partial charge is 0.320 e. The molecule has 0 aliphatic heterocycles. The Balaban J connectivity index is 1.69. The summed E-state index contributed by atoms with van der Waals surface area (Å²) in [7, 11) is 0. The average molecular weight is 466 g/mol. The molecule has 33 heavy (non-hydrogen) atoms. The second kappa shape index (κ2) is 9.45. The molecule has 0 spiro atoms. The number of pyridine rings is 1. The van der Waals surface area contributed by atoms with Gasteiger partial charge < -0.3 is 15.6 Å². The van der Waals surface area contributed by atoms with Gasteiger partial charge in [-0.05, 0) is 50.8 Å². The third kappa shape index (κ3) is 4.75. The summed E-state index contributed by atoms with van der Waals surface area (Å²) < 4.78 is 14.7. The van der Waals surface area contributed by atoms with E-state index in [4.69, 9.17) is 0 Å². The molecule has 0 unspecified atom stereocenters. The van der Waals surface area contributed by atoms with E-state index in [-0.39, 0.29) is 23.8 Å². The zero-order valence-corrected chi connectivity index (χ0v) is 19.5. The summed E-state index contributed by atoms with van der Waals surface area (Å²) in [5.74, 6) is 0.355. The Hall–Kier alpha value is -3.66. The van der Waals surface area contributed by atoms with Gasteiger partial charge in [0, 0.05) is 40.5 Å². The summed E-state index contributed by atoms with van der Waals surface area (Å²) in [6, 6.07) is 6.67. The van der Waals surface area contributed by atoms with Crippen LogP contribution in [0.3, 0.4) is 0 Å². The number of hydrogen-bond donors (Lipinski definition) is 4. The molecule has 170 valence electrons. The van der Waals surface area contributed by atoms with Crippen molar-refractivity contribution in [3.63, 3.8) is 0 Å². The summed E-state index contributed by atoms with van der Waals surface area (Å²) in [5.41, 5.74) is 3.34. The van der Waals surface area contributed by atoms with Crippen LogP contribution in [-0.4, -0.2) is 38.3 Å². The minimum atomic E-state index is -0.343. The quantitative estimate of drug-likeness (QED) is 0.282. The number of aryl methyl sites for hydroxylation is 1. The maximum Gasteiger partial charge on any atom is 0.320 e. The first-order chi connectivity index (χ1) is 15.9. The molecule has 4 aromatic rings. The highest BCUT2D eigenvalue weighted by Gasteiger charge is 2.16. The van der Waals surface area contributed by atoms with Gasteiger partial charge in [-0.15, -0.1) is 11.8 Å². The molecule has 1 aromatic carbocycles. The maximum absolute atomic E-state index is 14.7. The molecule has 4 rings (SSSR count). The molecule has 0 bridgehead atoms. The van der Waals surface area contributed by atoms with Gasteiger partial charge in [0.2, 0.25) is 5.95 Å². The molecule has 3 aromatic heterocycles. The van der Waals surface area contributed by atoms with Crippen molar-refractivity contribution in [2.24, 2.45) is 0 Å². The van der Waals surface area contributed by atoms with Crippen molar-refractivity contribution >= 4 is 46.1 Å². The van der Waals surface area contributed by atoms with Crippen molar-refractivity contribution in [1.29, 1.82) is 0 Å². The van der Waals surface area contributed by atoms with E-state index < -0.39 is 0 Å². The minimum Gasteiger partial charge on any atom is -0.357 e. The number of H-pyrrole nitrogens is 1. The Morgan fingerprint density at radius 1 is 1.21 bits per heavy atom. The molecule has 0 aliphatic rings. The number of hydrogen-bond acceptors (Lipinski definition) is 6. The number of carbonyl (C=O) groups excluding carboxylic acids is 1. The molecule has 0 atom stereocenters. The number of nitrogens with zero attached hydrogens (tertiary/aromatic N) is 3. The number of urea groups is 1. The summed E-state index contributed by atoms with van der Waals surface area (Å²) in [4.78, 5) is 29.1. The number of anilines is 3. The van der Waals surface area contributed by atoms with Crippen LogP contribution in [0.4, 0.5) is 26.6 Å². The van der Waals surface area contributed by atoms with Crippen LogP contribution >= 0.6 is 11.8 Å². The van der Waals surface area contributed by atoms with E-state index in [0.717, 1.165) is 16.5 Å². The number of aromatic amines is 1. The van der Waals surface area contributed by atoms with Crippen LogP contribution in [-0.2, 0) is 0 Å². The topological polar surface area (TPSA) is 108 Å². The Bertz CT molecular complexity index is 1320. The SMILES string of the molecule is CSc1cccc(Nc2ncc(C)c(-c3c[nH]c4c(NC(=O)NC(C)C)nccc34)n2)c1F. The van der Waals surface area contributed by atoms with Gasteiger partial charge in [-0.1, -0.05) is 6.07 Å². The predicted molar refractivity (Wildman–Crippen MR) is 131 cm³/mol. The van der Waals surface area contributed by atoms with E-state index in [1.807, 2.05) is 39.3 Å². The third-order valence-corrected chi connectivity index (χ3v) is 5.67. The van der Waals surface area contributed by atoms with Crippen molar-refractivity contribution in [3.05, 3.63) is 54.2 Å². The van der Waals surface area contributed by atoms with E-state index in [1.54, 1.807) is 30.6 Å². The number of rotatable bonds is 6.